The summed E-state index contributed by atoms with van der Waals surface area (Å²) in [5.41, 5.74) is 0.00879. The Morgan fingerprint density at radius 3 is 2.07 bits per heavy atom. The van der Waals surface area contributed by atoms with Crippen molar-refractivity contribution >= 4 is 0 Å². The van der Waals surface area contributed by atoms with Gasteiger partial charge in [0.25, 0.3) is 0 Å². The highest BCUT2D eigenvalue weighted by Crippen LogP contribution is 2.22. The number of hydrogen-bond donors (Lipinski definition) is 1. The van der Waals surface area contributed by atoms with Crippen LogP contribution in [-0.2, 0) is 0 Å². The third-order valence-electron chi connectivity index (χ3n) is 3.31. The summed E-state index contributed by atoms with van der Waals surface area (Å²) in [7, 11) is 0. The third-order valence-corrected chi connectivity index (χ3v) is 3.31. The van der Waals surface area contributed by atoms with Crippen molar-refractivity contribution in [3.05, 3.63) is 0 Å². The van der Waals surface area contributed by atoms with Crippen LogP contribution < -0.4 is 0 Å². The highest BCUT2D eigenvalue weighted by Gasteiger charge is 2.22. The molecule has 0 aromatic heterocycles. The first-order valence-corrected chi connectivity index (χ1v) is 6.25. The van der Waals surface area contributed by atoms with Gasteiger partial charge in [0.15, 0.2) is 0 Å². The number of aliphatic hydroxyl groups is 1. The van der Waals surface area contributed by atoms with E-state index in [0.29, 0.717) is 6.04 Å². The molecule has 0 fully saturated rings. The fourth-order valence-corrected chi connectivity index (χ4v) is 1.67. The Morgan fingerprint density at radius 2 is 1.73 bits per heavy atom. The molecule has 0 aliphatic heterocycles. The van der Waals surface area contributed by atoms with Crippen molar-refractivity contribution in [3.63, 3.8) is 0 Å². The van der Waals surface area contributed by atoms with Crippen molar-refractivity contribution in [2.75, 3.05) is 13.1 Å². The Labute approximate surface area is 95.7 Å². The normalized spacial score (nSPS) is 16.8. The Bertz CT molecular complexity index is 162. The minimum Gasteiger partial charge on any atom is -0.393 e. The smallest absolute Gasteiger partial charge is 0.0600 e. The summed E-state index contributed by atoms with van der Waals surface area (Å²) >= 11 is 0. The Hall–Kier alpha value is -0.0800. The van der Waals surface area contributed by atoms with Crippen molar-refractivity contribution < 1.29 is 5.11 Å². The quantitative estimate of drug-likeness (QED) is 0.736. The van der Waals surface area contributed by atoms with Gasteiger partial charge in [-0.2, -0.15) is 0 Å². The van der Waals surface area contributed by atoms with E-state index in [2.05, 4.69) is 46.4 Å². The highest BCUT2D eigenvalue weighted by molar-refractivity contribution is 4.75. The maximum absolute atomic E-state index is 9.96. The van der Waals surface area contributed by atoms with Crippen molar-refractivity contribution in [2.24, 2.45) is 5.41 Å². The third kappa shape index (κ3) is 5.53. The van der Waals surface area contributed by atoms with Crippen molar-refractivity contribution in [1.29, 1.82) is 0 Å². The summed E-state index contributed by atoms with van der Waals surface area (Å²) in [4.78, 5) is 2.44. The van der Waals surface area contributed by atoms with Crippen LogP contribution >= 0.6 is 0 Å². The molecule has 0 saturated heterocycles. The lowest BCUT2D eigenvalue weighted by molar-refractivity contribution is 0.0419. The predicted octanol–water partition coefficient (Wildman–Crippen LogP) is 2.90. The molecule has 0 rings (SSSR count). The van der Waals surface area contributed by atoms with Gasteiger partial charge in [0.05, 0.1) is 6.10 Å². The first-order chi connectivity index (χ1) is 6.82. The van der Waals surface area contributed by atoms with Gasteiger partial charge in [-0.1, -0.05) is 34.6 Å². The largest absolute Gasteiger partial charge is 0.393 e. The second-order valence-electron chi connectivity index (χ2n) is 5.56. The summed E-state index contributed by atoms with van der Waals surface area (Å²) in [5.74, 6) is 0. The lowest BCUT2D eigenvalue weighted by atomic mass is 9.87. The topological polar surface area (TPSA) is 23.5 Å². The summed E-state index contributed by atoms with van der Waals surface area (Å²) in [6.45, 7) is 15.0. The SMILES string of the molecule is CCC(C)N(CC)CCC(O)C(C)(C)C. The van der Waals surface area contributed by atoms with Crippen molar-refractivity contribution in [3.8, 4) is 0 Å². The number of hydrogen-bond acceptors (Lipinski definition) is 2. The predicted molar refractivity (Wildman–Crippen MR) is 67.1 cm³/mol. The Morgan fingerprint density at radius 1 is 1.20 bits per heavy atom. The van der Waals surface area contributed by atoms with Crippen LogP contribution in [0.3, 0.4) is 0 Å². The van der Waals surface area contributed by atoms with E-state index in [1.54, 1.807) is 0 Å². The molecule has 0 aromatic rings. The minimum absolute atomic E-state index is 0.00879. The average Bonchev–Trinajstić information content (AvgIpc) is 2.16. The summed E-state index contributed by atoms with van der Waals surface area (Å²) in [6.07, 6.45) is 1.86. The van der Waals surface area contributed by atoms with Crippen LogP contribution in [-0.4, -0.2) is 35.2 Å². The number of aliphatic hydroxyl groups excluding tert-OH is 1. The van der Waals surface area contributed by atoms with E-state index < -0.39 is 0 Å². The zero-order valence-corrected chi connectivity index (χ0v) is 11.4. The van der Waals surface area contributed by atoms with Gasteiger partial charge in [0, 0.05) is 12.6 Å². The van der Waals surface area contributed by atoms with Gasteiger partial charge in [0.2, 0.25) is 0 Å². The lowest BCUT2D eigenvalue weighted by Crippen LogP contribution is -2.37. The molecule has 0 amide bonds. The van der Waals surface area contributed by atoms with Gasteiger partial charge in [0.1, 0.15) is 0 Å². The molecule has 0 aromatic carbocycles. The molecule has 0 aliphatic rings. The highest BCUT2D eigenvalue weighted by atomic mass is 16.3. The van der Waals surface area contributed by atoms with E-state index in [4.69, 9.17) is 0 Å². The average molecular weight is 215 g/mol. The Kier molecular flexibility index (Phi) is 6.46. The molecule has 2 nitrogen and oxygen atoms in total. The van der Waals surface area contributed by atoms with E-state index in [0.717, 1.165) is 19.5 Å². The summed E-state index contributed by atoms with van der Waals surface area (Å²) in [6, 6.07) is 0.627. The number of rotatable bonds is 6. The van der Waals surface area contributed by atoms with Crippen LogP contribution in [0.25, 0.3) is 0 Å². The number of nitrogens with zero attached hydrogens (tertiary/aromatic N) is 1. The molecule has 2 heteroatoms. The fourth-order valence-electron chi connectivity index (χ4n) is 1.67. The second kappa shape index (κ2) is 6.49. The van der Waals surface area contributed by atoms with Crippen LogP contribution in [0.4, 0.5) is 0 Å². The summed E-state index contributed by atoms with van der Waals surface area (Å²) < 4.78 is 0. The summed E-state index contributed by atoms with van der Waals surface area (Å²) in [5, 5.41) is 9.96. The maximum Gasteiger partial charge on any atom is 0.0600 e. The molecule has 0 bridgehead atoms. The molecule has 0 saturated carbocycles. The van der Waals surface area contributed by atoms with Crippen LogP contribution in [0.15, 0.2) is 0 Å². The Balaban J connectivity index is 4.01. The molecule has 1 N–H and O–H groups in total. The zero-order chi connectivity index (χ0) is 12.1. The molecule has 0 radical (unpaired) electrons. The van der Waals surface area contributed by atoms with Crippen LogP contribution in [0, 0.1) is 5.41 Å². The van der Waals surface area contributed by atoms with E-state index in [1.807, 2.05) is 0 Å². The van der Waals surface area contributed by atoms with Crippen LogP contribution in [0.2, 0.25) is 0 Å². The van der Waals surface area contributed by atoms with Gasteiger partial charge in [-0.3, -0.25) is 0 Å². The zero-order valence-electron chi connectivity index (χ0n) is 11.4. The minimum atomic E-state index is -0.199. The van der Waals surface area contributed by atoms with Crippen LogP contribution in [0.1, 0.15) is 54.4 Å². The van der Waals surface area contributed by atoms with E-state index in [9.17, 15) is 5.11 Å². The van der Waals surface area contributed by atoms with Gasteiger partial charge in [-0.15, -0.1) is 0 Å². The van der Waals surface area contributed by atoms with Gasteiger partial charge in [-0.25, -0.2) is 0 Å². The molecule has 0 spiro atoms. The molecular weight excluding hydrogens is 186 g/mol. The van der Waals surface area contributed by atoms with Crippen LogP contribution in [0.5, 0.6) is 0 Å². The van der Waals surface area contributed by atoms with Gasteiger partial charge >= 0.3 is 0 Å². The fraction of sp³-hybridized carbons (Fsp3) is 1.00. The molecule has 15 heavy (non-hydrogen) atoms. The van der Waals surface area contributed by atoms with Crippen molar-refractivity contribution in [2.45, 2.75) is 66.5 Å². The molecule has 2 atom stereocenters. The molecule has 2 unspecified atom stereocenters. The monoisotopic (exact) mass is 215 g/mol. The lowest BCUT2D eigenvalue weighted by Gasteiger charge is -2.31. The van der Waals surface area contributed by atoms with Gasteiger partial charge in [-0.05, 0) is 31.7 Å². The standard InChI is InChI=1S/C13H29NO/c1-7-11(3)14(8-2)10-9-12(15)13(4,5)6/h11-12,15H,7-10H2,1-6H3. The molecule has 92 valence electrons. The molecular formula is C13H29NO. The molecule has 0 aliphatic carbocycles. The van der Waals surface area contributed by atoms with Crippen molar-refractivity contribution in [1.82, 2.24) is 4.90 Å². The van der Waals surface area contributed by atoms with Gasteiger partial charge < -0.3 is 10.0 Å². The van der Waals surface area contributed by atoms with E-state index >= 15 is 0 Å². The first kappa shape index (κ1) is 14.9. The maximum atomic E-state index is 9.96. The first-order valence-electron chi connectivity index (χ1n) is 6.25. The van der Waals surface area contributed by atoms with E-state index in [-0.39, 0.29) is 11.5 Å². The second-order valence-corrected chi connectivity index (χ2v) is 5.56. The van der Waals surface area contributed by atoms with E-state index in [1.165, 1.54) is 6.42 Å². The molecule has 0 heterocycles.